The van der Waals surface area contributed by atoms with Gasteiger partial charge in [-0.1, -0.05) is 53.2 Å². The summed E-state index contributed by atoms with van der Waals surface area (Å²) in [6.45, 7) is 16.0. The van der Waals surface area contributed by atoms with Crippen LogP contribution in [0.3, 0.4) is 0 Å². The number of urea groups is 1. The molecule has 298 valence electrons. The number of hydrogen-bond donors (Lipinski definition) is 8. The highest BCUT2D eigenvalue weighted by atomic mass is 16.4. The zero-order valence-corrected chi connectivity index (χ0v) is 32.5. The van der Waals surface area contributed by atoms with E-state index in [2.05, 4.69) is 26.6 Å². The molecule has 1 rings (SSSR count). The lowest BCUT2D eigenvalue weighted by atomic mass is 10.00. The molecule has 0 heterocycles. The van der Waals surface area contributed by atoms with E-state index in [1.165, 1.54) is 17.0 Å². The molecule has 6 atom stereocenters. The first-order chi connectivity index (χ1) is 24.6. The normalized spacial score (nSPS) is 14.9. The third kappa shape index (κ3) is 16.7. The van der Waals surface area contributed by atoms with Gasteiger partial charge in [0.25, 0.3) is 0 Å². The summed E-state index contributed by atoms with van der Waals surface area (Å²) >= 11 is 0. The first kappa shape index (κ1) is 46.3. The van der Waals surface area contributed by atoms with Gasteiger partial charge >= 0.3 is 12.0 Å². The Balaban J connectivity index is 3.54. The maximum Gasteiger partial charge on any atom is 0.318 e. The van der Waals surface area contributed by atoms with Crippen molar-refractivity contribution in [3.05, 3.63) is 29.8 Å². The quantitative estimate of drug-likeness (QED) is 0.0844. The zero-order valence-electron chi connectivity index (χ0n) is 32.5. The van der Waals surface area contributed by atoms with E-state index in [-0.39, 0.29) is 37.0 Å². The molecule has 0 spiro atoms. The molecule has 0 bridgehead atoms. The molecule has 0 aliphatic carbocycles. The number of carboxylic acid groups (broad SMARTS) is 1. The van der Waals surface area contributed by atoms with Crippen LogP contribution in [0.1, 0.15) is 93.6 Å². The number of carboxylic acids is 1. The number of phenolic OH excluding ortho intramolecular Hbond substituents is 1. The molecule has 1 unspecified atom stereocenters. The Labute approximate surface area is 312 Å². The second kappa shape index (κ2) is 21.7. The maximum absolute atomic E-state index is 14.1. The summed E-state index contributed by atoms with van der Waals surface area (Å²) in [5.41, 5.74) is 6.19. The number of amides is 6. The number of benzene rings is 1. The van der Waals surface area contributed by atoms with Gasteiger partial charge in [-0.2, -0.15) is 0 Å². The van der Waals surface area contributed by atoms with Crippen LogP contribution in [0.2, 0.25) is 0 Å². The molecule has 0 saturated carbocycles. The van der Waals surface area contributed by atoms with E-state index in [1.807, 2.05) is 6.92 Å². The Bertz CT molecular complexity index is 1390. The standard InChI is InChI=1S/C37H61N7O9/c1-10-11-16-44(31(23(6)38)35(52)43-37(7,8)9)36(53)42-27(18-24-12-14-25(46)15-13-24)33(50)39-26(17-21(2)3)32(49)40-28(19-30(47)48)34(51)41-29(20-45)22(4)5/h12-15,20-23,26-29,31,46H,10-11,16-19,38H2,1-9H3,(H,39,50)(H,40,49)(H,41,51)(H,42,53)(H,43,52)(H,47,48)/t23-,26-,27-,28?,29+,31-/m0/s1. The first-order valence-electron chi connectivity index (χ1n) is 18.1. The molecule has 16 nitrogen and oxygen atoms in total. The lowest BCUT2D eigenvalue weighted by Gasteiger charge is -2.36. The Kier molecular flexibility index (Phi) is 19.0. The third-order valence-electron chi connectivity index (χ3n) is 8.13. The molecular formula is C37H61N7O9. The SMILES string of the molecule is CCCCN(C(=O)N[C@@H](Cc1ccc(O)cc1)C(=O)N[C@@H](CC(C)C)C(=O)NC(CC(=O)O)C(=O)N[C@H](C=O)C(C)C)[C@H](C(=O)NC(C)(C)C)[C@H](C)N. The number of rotatable bonds is 21. The molecule has 1 aromatic rings. The lowest BCUT2D eigenvalue weighted by molar-refractivity contribution is -0.141. The fourth-order valence-electron chi connectivity index (χ4n) is 5.37. The van der Waals surface area contributed by atoms with Gasteiger partial charge in [0, 0.05) is 24.5 Å². The number of carbonyl (C=O) groups is 7. The number of carbonyl (C=O) groups excluding carboxylic acids is 6. The highest BCUT2D eigenvalue weighted by molar-refractivity contribution is 5.96. The molecule has 16 heteroatoms. The number of phenols is 1. The largest absolute Gasteiger partial charge is 0.508 e. The monoisotopic (exact) mass is 747 g/mol. The molecule has 0 fully saturated rings. The number of aliphatic carboxylic acids is 1. The van der Waals surface area contributed by atoms with Crippen LogP contribution in [-0.2, 0) is 35.2 Å². The minimum Gasteiger partial charge on any atom is -0.508 e. The number of nitrogens with two attached hydrogens (primary N) is 1. The van der Waals surface area contributed by atoms with Gasteiger partial charge in [-0.25, -0.2) is 4.79 Å². The first-order valence-corrected chi connectivity index (χ1v) is 18.1. The molecule has 0 radical (unpaired) electrons. The number of aldehydes is 1. The Hall–Kier alpha value is -4.73. The average molecular weight is 748 g/mol. The van der Waals surface area contributed by atoms with E-state index in [0.29, 0.717) is 24.7 Å². The van der Waals surface area contributed by atoms with Gasteiger partial charge in [-0.3, -0.25) is 24.0 Å². The lowest BCUT2D eigenvalue weighted by Crippen LogP contribution is -2.63. The second-order valence-electron chi connectivity index (χ2n) is 15.2. The van der Waals surface area contributed by atoms with Crippen molar-refractivity contribution in [2.45, 2.75) is 136 Å². The van der Waals surface area contributed by atoms with Gasteiger partial charge in [0.2, 0.25) is 23.6 Å². The maximum atomic E-state index is 14.1. The molecule has 9 N–H and O–H groups in total. The van der Waals surface area contributed by atoms with Gasteiger partial charge in [0.15, 0.2) is 0 Å². The molecule has 0 saturated heterocycles. The summed E-state index contributed by atoms with van der Waals surface area (Å²) < 4.78 is 0. The van der Waals surface area contributed by atoms with Crippen LogP contribution in [0.4, 0.5) is 4.79 Å². The van der Waals surface area contributed by atoms with Gasteiger partial charge in [-0.05, 0) is 70.1 Å². The van der Waals surface area contributed by atoms with Gasteiger partial charge < -0.3 is 52.2 Å². The van der Waals surface area contributed by atoms with Crippen molar-refractivity contribution in [3.63, 3.8) is 0 Å². The Morgan fingerprint density at radius 2 is 1.38 bits per heavy atom. The fourth-order valence-corrected chi connectivity index (χ4v) is 5.37. The molecule has 6 amide bonds. The van der Waals surface area contributed by atoms with E-state index in [1.54, 1.807) is 67.5 Å². The van der Waals surface area contributed by atoms with Crippen molar-refractivity contribution < 1.29 is 43.8 Å². The highest BCUT2D eigenvalue weighted by Gasteiger charge is 2.37. The van der Waals surface area contributed by atoms with Crippen LogP contribution in [0, 0.1) is 11.8 Å². The predicted octanol–water partition coefficient (Wildman–Crippen LogP) is 1.58. The van der Waals surface area contributed by atoms with E-state index >= 15 is 0 Å². The van der Waals surface area contributed by atoms with Crippen molar-refractivity contribution in [2.75, 3.05) is 6.54 Å². The van der Waals surface area contributed by atoms with Crippen LogP contribution in [0.25, 0.3) is 0 Å². The van der Waals surface area contributed by atoms with E-state index < -0.39 is 83.8 Å². The van der Waals surface area contributed by atoms with Crippen LogP contribution >= 0.6 is 0 Å². The molecule has 1 aromatic carbocycles. The summed E-state index contributed by atoms with van der Waals surface area (Å²) in [4.78, 5) is 92.7. The number of aromatic hydroxyl groups is 1. The molecular weight excluding hydrogens is 686 g/mol. The van der Waals surface area contributed by atoms with Crippen LogP contribution in [-0.4, -0.2) is 105 Å². The van der Waals surface area contributed by atoms with Gasteiger partial charge in [0.1, 0.15) is 36.2 Å². The minimum absolute atomic E-state index is 0.0179. The van der Waals surface area contributed by atoms with Crippen LogP contribution in [0.15, 0.2) is 24.3 Å². The molecule has 0 aliphatic heterocycles. The number of nitrogens with one attached hydrogen (secondary N) is 5. The summed E-state index contributed by atoms with van der Waals surface area (Å²) in [7, 11) is 0. The number of hydrogen-bond acceptors (Lipinski definition) is 9. The number of nitrogens with zero attached hydrogens (tertiary/aromatic N) is 1. The average Bonchev–Trinajstić information content (AvgIpc) is 3.03. The summed E-state index contributed by atoms with van der Waals surface area (Å²) in [5.74, 6) is -4.86. The van der Waals surface area contributed by atoms with Crippen molar-refractivity contribution in [1.29, 1.82) is 0 Å². The number of unbranched alkanes of at least 4 members (excludes halogenated alkanes) is 1. The summed E-state index contributed by atoms with van der Waals surface area (Å²) in [6.07, 6.45) is 0.932. The Morgan fingerprint density at radius 3 is 1.85 bits per heavy atom. The summed E-state index contributed by atoms with van der Waals surface area (Å²) in [5, 5.41) is 32.5. The minimum atomic E-state index is -1.57. The Morgan fingerprint density at radius 1 is 0.830 bits per heavy atom. The predicted molar refractivity (Wildman–Crippen MR) is 199 cm³/mol. The topological polar surface area (TPSA) is 249 Å². The molecule has 0 aromatic heterocycles. The smallest absolute Gasteiger partial charge is 0.318 e. The van der Waals surface area contributed by atoms with Gasteiger partial charge in [0.05, 0.1) is 12.5 Å². The third-order valence-corrected chi connectivity index (χ3v) is 8.13. The van der Waals surface area contributed by atoms with E-state index in [0.717, 1.165) is 0 Å². The second-order valence-corrected chi connectivity index (χ2v) is 15.2. The zero-order chi connectivity index (χ0) is 40.6. The highest BCUT2D eigenvalue weighted by Crippen LogP contribution is 2.15. The van der Waals surface area contributed by atoms with Crippen molar-refractivity contribution in [3.8, 4) is 5.75 Å². The fraction of sp³-hybridized carbons (Fsp3) is 0.649. The van der Waals surface area contributed by atoms with Crippen molar-refractivity contribution in [1.82, 2.24) is 31.5 Å². The van der Waals surface area contributed by atoms with Crippen molar-refractivity contribution in [2.24, 2.45) is 17.6 Å². The molecule has 0 aliphatic rings. The molecule has 53 heavy (non-hydrogen) atoms. The van der Waals surface area contributed by atoms with Gasteiger partial charge in [-0.15, -0.1) is 0 Å². The van der Waals surface area contributed by atoms with Crippen LogP contribution in [0.5, 0.6) is 5.75 Å². The van der Waals surface area contributed by atoms with Crippen molar-refractivity contribution >= 4 is 41.9 Å². The van der Waals surface area contributed by atoms with E-state index in [9.17, 15) is 43.8 Å². The van der Waals surface area contributed by atoms with E-state index in [4.69, 9.17) is 5.73 Å². The summed E-state index contributed by atoms with van der Waals surface area (Å²) in [6, 6.07) is -1.75. The van der Waals surface area contributed by atoms with Crippen LogP contribution < -0.4 is 32.3 Å².